The van der Waals surface area contributed by atoms with Gasteiger partial charge in [-0.2, -0.15) is 0 Å². The van der Waals surface area contributed by atoms with E-state index in [-0.39, 0.29) is 11.3 Å². The van der Waals surface area contributed by atoms with Gasteiger partial charge in [0.1, 0.15) is 17.6 Å². The standard InChI is InChI=1S/C22H19NO4S2/c1-2-27-15-9-7-14(8-10-15)20(24)18-19(17-6-4-12-29-17)23(22(26)21(18)25)13-16-5-3-11-28-16/h3-12,19,24H,2,13H2,1H3/b20-18-. The zero-order chi connectivity index (χ0) is 20.4. The van der Waals surface area contributed by atoms with Gasteiger partial charge >= 0.3 is 0 Å². The molecular weight excluding hydrogens is 406 g/mol. The van der Waals surface area contributed by atoms with Crippen molar-refractivity contribution in [3.05, 3.63) is 80.2 Å². The number of rotatable bonds is 6. The van der Waals surface area contributed by atoms with Crippen molar-refractivity contribution in [1.82, 2.24) is 4.90 Å². The number of ketones is 1. The Morgan fingerprint density at radius 1 is 1.07 bits per heavy atom. The van der Waals surface area contributed by atoms with Gasteiger partial charge in [-0.15, -0.1) is 22.7 Å². The third kappa shape index (κ3) is 3.71. The average molecular weight is 426 g/mol. The molecule has 0 aliphatic carbocycles. The second-order valence-electron chi connectivity index (χ2n) is 6.48. The first-order valence-electron chi connectivity index (χ1n) is 9.17. The highest BCUT2D eigenvalue weighted by molar-refractivity contribution is 7.10. The highest BCUT2D eigenvalue weighted by Gasteiger charge is 2.46. The van der Waals surface area contributed by atoms with Gasteiger partial charge in [-0.25, -0.2) is 0 Å². The zero-order valence-corrected chi connectivity index (χ0v) is 17.3. The number of aliphatic hydroxyl groups is 1. The predicted molar refractivity (Wildman–Crippen MR) is 114 cm³/mol. The number of Topliss-reactive ketones (excluding diaryl/α,β-unsaturated/α-hetero) is 1. The number of amides is 1. The number of carbonyl (C=O) groups excluding carboxylic acids is 2. The lowest BCUT2D eigenvalue weighted by Crippen LogP contribution is -2.28. The fraction of sp³-hybridized carbons (Fsp3) is 0.182. The minimum Gasteiger partial charge on any atom is -0.507 e. The number of carbonyl (C=O) groups is 2. The van der Waals surface area contributed by atoms with Gasteiger partial charge < -0.3 is 14.7 Å². The predicted octanol–water partition coefficient (Wildman–Crippen LogP) is 4.83. The Kier molecular flexibility index (Phi) is 5.51. The molecular formula is C22H19NO4S2. The molecule has 1 fully saturated rings. The number of hydrogen-bond acceptors (Lipinski definition) is 6. The normalized spacial score (nSPS) is 18.4. The minimum absolute atomic E-state index is 0.123. The van der Waals surface area contributed by atoms with Gasteiger partial charge in [-0.3, -0.25) is 9.59 Å². The maximum atomic E-state index is 12.9. The molecule has 4 rings (SSSR count). The molecule has 5 nitrogen and oxygen atoms in total. The van der Waals surface area contributed by atoms with Crippen LogP contribution in [-0.2, 0) is 16.1 Å². The van der Waals surface area contributed by atoms with E-state index in [1.165, 1.54) is 22.7 Å². The van der Waals surface area contributed by atoms with Crippen molar-refractivity contribution in [2.45, 2.75) is 19.5 Å². The lowest BCUT2D eigenvalue weighted by atomic mass is 10.00. The van der Waals surface area contributed by atoms with Crippen molar-refractivity contribution < 1.29 is 19.4 Å². The van der Waals surface area contributed by atoms with Gasteiger partial charge in [-0.05, 0) is 54.1 Å². The lowest BCUT2D eigenvalue weighted by Gasteiger charge is -2.23. The van der Waals surface area contributed by atoms with E-state index in [1.807, 2.05) is 41.9 Å². The van der Waals surface area contributed by atoms with E-state index < -0.39 is 17.7 Å². The summed E-state index contributed by atoms with van der Waals surface area (Å²) in [5.74, 6) is -0.744. The number of thiophene rings is 2. The highest BCUT2D eigenvalue weighted by atomic mass is 32.1. The van der Waals surface area contributed by atoms with Crippen LogP contribution in [0.5, 0.6) is 5.75 Å². The molecule has 3 aromatic rings. The summed E-state index contributed by atoms with van der Waals surface area (Å²) in [6.07, 6.45) is 0. The molecule has 0 radical (unpaired) electrons. The first kappa shape index (κ1) is 19.4. The number of nitrogens with zero attached hydrogens (tertiary/aromatic N) is 1. The Balaban J connectivity index is 1.78. The molecule has 0 saturated carbocycles. The number of aliphatic hydroxyl groups excluding tert-OH is 1. The Morgan fingerprint density at radius 3 is 2.41 bits per heavy atom. The van der Waals surface area contributed by atoms with Crippen LogP contribution in [0.2, 0.25) is 0 Å². The quantitative estimate of drug-likeness (QED) is 0.349. The van der Waals surface area contributed by atoms with Gasteiger partial charge in [0.2, 0.25) is 0 Å². The SMILES string of the molecule is CCOc1ccc(/C(O)=C2/C(=O)C(=O)N(Cc3cccs3)C2c2cccs2)cc1. The molecule has 0 spiro atoms. The molecule has 148 valence electrons. The molecule has 1 N–H and O–H groups in total. The Morgan fingerprint density at radius 2 is 1.79 bits per heavy atom. The molecule has 29 heavy (non-hydrogen) atoms. The van der Waals surface area contributed by atoms with Crippen LogP contribution < -0.4 is 4.74 Å². The van der Waals surface area contributed by atoms with Gasteiger partial charge in [0.25, 0.3) is 11.7 Å². The summed E-state index contributed by atoms with van der Waals surface area (Å²) < 4.78 is 5.44. The topological polar surface area (TPSA) is 66.8 Å². The zero-order valence-electron chi connectivity index (χ0n) is 15.7. The fourth-order valence-corrected chi connectivity index (χ4v) is 4.94. The number of likely N-dealkylation sites (tertiary alicyclic amines) is 1. The Hall–Kier alpha value is -2.90. The van der Waals surface area contributed by atoms with Crippen molar-refractivity contribution >= 4 is 40.1 Å². The minimum atomic E-state index is -0.661. The fourth-order valence-electron chi connectivity index (χ4n) is 3.39. The molecule has 1 atom stereocenters. The maximum absolute atomic E-state index is 12.9. The molecule has 1 unspecified atom stereocenters. The summed E-state index contributed by atoms with van der Waals surface area (Å²) in [5.41, 5.74) is 0.599. The Bertz CT molecular complexity index is 1040. The van der Waals surface area contributed by atoms with Crippen LogP contribution in [-0.4, -0.2) is 28.3 Å². The van der Waals surface area contributed by atoms with Crippen LogP contribution in [0.4, 0.5) is 0 Å². The summed E-state index contributed by atoms with van der Waals surface area (Å²) >= 11 is 2.99. The van der Waals surface area contributed by atoms with E-state index >= 15 is 0 Å². The van der Waals surface area contributed by atoms with Gasteiger partial charge in [0, 0.05) is 15.3 Å². The summed E-state index contributed by atoms with van der Waals surface area (Å²) in [4.78, 5) is 29.1. The van der Waals surface area contributed by atoms with Crippen LogP contribution in [0.3, 0.4) is 0 Å². The maximum Gasteiger partial charge on any atom is 0.296 e. The van der Waals surface area contributed by atoms with Crippen molar-refractivity contribution in [2.75, 3.05) is 6.61 Å². The van der Waals surface area contributed by atoms with E-state index in [0.717, 1.165) is 9.75 Å². The molecule has 7 heteroatoms. The molecule has 1 aliphatic heterocycles. The molecule has 0 bridgehead atoms. The number of benzene rings is 1. The molecule has 1 saturated heterocycles. The first-order chi connectivity index (χ1) is 14.1. The number of ether oxygens (including phenoxy) is 1. The van der Waals surface area contributed by atoms with E-state index in [2.05, 4.69) is 0 Å². The van der Waals surface area contributed by atoms with Crippen molar-refractivity contribution in [2.24, 2.45) is 0 Å². The highest BCUT2D eigenvalue weighted by Crippen LogP contribution is 2.42. The van der Waals surface area contributed by atoms with Crippen LogP contribution in [0.25, 0.3) is 5.76 Å². The van der Waals surface area contributed by atoms with Crippen molar-refractivity contribution in [3.8, 4) is 5.75 Å². The third-order valence-corrected chi connectivity index (χ3v) is 6.48. The van der Waals surface area contributed by atoms with Gasteiger partial charge in [-0.1, -0.05) is 12.1 Å². The van der Waals surface area contributed by atoms with E-state index in [0.29, 0.717) is 24.5 Å². The van der Waals surface area contributed by atoms with Crippen LogP contribution >= 0.6 is 22.7 Å². The molecule has 1 aromatic carbocycles. The molecule has 1 aliphatic rings. The van der Waals surface area contributed by atoms with Crippen LogP contribution in [0.15, 0.2) is 64.9 Å². The van der Waals surface area contributed by atoms with Crippen molar-refractivity contribution in [1.29, 1.82) is 0 Å². The monoisotopic (exact) mass is 425 g/mol. The second kappa shape index (κ2) is 8.23. The summed E-state index contributed by atoms with van der Waals surface area (Å²) in [6, 6.07) is 13.9. The average Bonchev–Trinajstić information content (AvgIpc) is 3.47. The first-order valence-corrected chi connectivity index (χ1v) is 10.9. The summed E-state index contributed by atoms with van der Waals surface area (Å²) in [6.45, 7) is 2.76. The Labute approximate surface area is 176 Å². The largest absolute Gasteiger partial charge is 0.507 e. The smallest absolute Gasteiger partial charge is 0.296 e. The van der Waals surface area contributed by atoms with Gasteiger partial charge in [0.05, 0.1) is 18.7 Å². The molecule has 1 amide bonds. The second-order valence-corrected chi connectivity index (χ2v) is 8.49. The molecule has 3 heterocycles. The van der Waals surface area contributed by atoms with E-state index in [1.54, 1.807) is 29.2 Å². The molecule has 2 aromatic heterocycles. The van der Waals surface area contributed by atoms with Gasteiger partial charge in [0.15, 0.2) is 0 Å². The third-order valence-electron chi connectivity index (χ3n) is 4.70. The van der Waals surface area contributed by atoms with E-state index in [9.17, 15) is 14.7 Å². The van der Waals surface area contributed by atoms with Crippen molar-refractivity contribution in [3.63, 3.8) is 0 Å². The number of hydrogen-bond donors (Lipinski definition) is 1. The van der Waals surface area contributed by atoms with E-state index in [4.69, 9.17) is 4.74 Å². The van der Waals surface area contributed by atoms with Crippen LogP contribution in [0, 0.1) is 0 Å². The summed E-state index contributed by atoms with van der Waals surface area (Å²) in [7, 11) is 0. The van der Waals surface area contributed by atoms with Crippen LogP contribution in [0.1, 0.15) is 28.3 Å². The summed E-state index contributed by atoms with van der Waals surface area (Å²) in [5, 5.41) is 14.8. The lowest BCUT2D eigenvalue weighted by molar-refractivity contribution is -0.140.